The van der Waals surface area contributed by atoms with Crippen LogP contribution in [0.2, 0.25) is 0 Å². The van der Waals surface area contributed by atoms with Crippen molar-refractivity contribution in [2.24, 2.45) is 11.3 Å². The second-order valence-corrected chi connectivity index (χ2v) is 7.41. The number of nitrogens with one attached hydrogen (secondary N) is 1. The van der Waals surface area contributed by atoms with E-state index in [1.54, 1.807) is 0 Å². The Kier molecular flexibility index (Phi) is 3.59. The van der Waals surface area contributed by atoms with Crippen LogP contribution < -0.4 is 5.32 Å². The number of fused-ring (bicyclic) bond motifs is 1. The van der Waals surface area contributed by atoms with Gasteiger partial charge in [-0.3, -0.25) is 4.79 Å². The third-order valence-electron chi connectivity index (χ3n) is 5.65. The number of carbonyl (C=O) groups excluding carboxylic acids is 1. The van der Waals surface area contributed by atoms with Crippen LogP contribution in [0.5, 0.6) is 0 Å². The molecule has 0 aromatic heterocycles. The highest BCUT2D eigenvalue weighted by Gasteiger charge is 2.44. The van der Waals surface area contributed by atoms with Crippen molar-refractivity contribution >= 4 is 5.91 Å². The maximum Gasteiger partial charge on any atom is 0.240 e. The summed E-state index contributed by atoms with van der Waals surface area (Å²) >= 11 is 0. The molecule has 2 saturated heterocycles. The molecule has 0 bridgehead atoms. The van der Waals surface area contributed by atoms with Gasteiger partial charge < -0.3 is 10.2 Å². The van der Waals surface area contributed by atoms with Gasteiger partial charge in [-0.15, -0.1) is 0 Å². The van der Waals surface area contributed by atoms with E-state index in [1.165, 1.54) is 44.9 Å². The molecule has 3 nitrogen and oxygen atoms in total. The van der Waals surface area contributed by atoms with E-state index >= 15 is 0 Å². The Bertz CT molecular complexity index is 353. The summed E-state index contributed by atoms with van der Waals surface area (Å²) in [4.78, 5) is 15.2. The second-order valence-electron chi connectivity index (χ2n) is 7.41. The molecule has 3 atom stereocenters. The second kappa shape index (κ2) is 5.08. The van der Waals surface area contributed by atoms with E-state index in [4.69, 9.17) is 0 Å². The van der Waals surface area contributed by atoms with Crippen LogP contribution in [0.4, 0.5) is 0 Å². The van der Waals surface area contributed by atoms with E-state index in [0.29, 0.717) is 11.9 Å². The normalized spacial score (nSPS) is 38.0. The monoisotopic (exact) mass is 264 g/mol. The zero-order chi connectivity index (χ0) is 13.5. The molecule has 3 rings (SSSR count). The molecule has 108 valence electrons. The highest BCUT2D eigenvalue weighted by atomic mass is 16.2. The lowest BCUT2D eigenvalue weighted by atomic mass is 9.76. The first-order valence-electron chi connectivity index (χ1n) is 8.13. The minimum Gasteiger partial charge on any atom is -0.338 e. The van der Waals surface area contributed by atoms with Crippen molar-refractivity contribution in [3.05, 3.63) is 0 Å². The highest BCUT2D eigenvalue weighted by Crippen LogP contribution is 2.39. The molecule has 0 spiro atoms. The van der Waals surface area contributed by atoms with Gasteiger partial charge in [-0.25, -0.2) is 0 Å². The molecule has 3 aliphatic rings. The molecule has 2 aliphatic heterocycles. The van der Waals surface area contributed by atoms with Crippen LogP contribution in [0.25, 0.3) is 0 Å². The van der Waals surface area contributed by atoms with Gasteiger partial charge in [0.25, 0.3) is 0 Å². The topological polar surface area (TPSA) is 32.3 Å². The Morgan fingerprint density at radius 3 is 2.74 bits per heavy atom. The van der Waals surface area contributed by atoms with Gasteiger partial charge in [0.15, 0.2) is 0 Å². The van der Waals surface area contributed by atoms with Crippen molar-refractivity contribution in [2.45, 2.75) is 70.9 Å². The van der Waals surface area contributed by atoms with Crippen molar-refractivity contribution in [1.82, 2.24) is 10.2 Å². The molecule has 3 unspecified atom stereocenters. The fourth-order valence-corrected chi connectivity index (χ4v) is 4.53. The van der Waals surface area contributed by atoms with Crippen molar-refractivity contribution in [1.29, 1.82) is 0 Å². The molecule has 1 aliphatic carbocycles. The summed E-state index contributed by atoms with van der Waals surface area (Å²) in [7, 11) is 0. The van der Waals surface area contributed by atoms with Crippen LogP contribution in [-0.4, -0.2) is 36.0 Å². The predicted molar refractivity (Wildman–Crippen MR) is 76.9 cm³/mol. The molecule has 1 N–H and O–H groups in total. The van der Waals surface area contributed by atoms with Crippen LogP contribution in [0.3, 0.4) is 0 Å². The molecule has 3 fully saturated rings. The van der Waals surface area contributed by atoms with Gasteiger partial charge >= 0.3 is 0 Å². The quantitative estimate of drug-likeness (QED) is 0.789. The van der Waals surface area contributed by atoms with Gasteiger partial charge in [0.1, 0.15) is 0 Å². The summed E-state index contributed by atoms with van der Waals surface area (Å²) < 4.78 is 0. The molecule has 19 heavy (non-hydrogen) atoms. The van der Waals surface area contributed by atoms with Crippen molar-refractivity contribution in [3.8, 4) is 0 Å². The van der Waals surface area contributed by atoms with Crippen LogP contribution in [-0.2, 0) is 4.79 Å². The Morgan fingerprint density at radius 1 is 1.16 bits per heavy atom. The Labute approximate surface area is 117 Å². The van der Waals surface area contributed by atoms with E-state index < -0.39 is 0 Å². The largest absolute Gasteiger partial charge is 0.338 e. The zero-order valence-electron chi connectivity index (χ0n) is 12.5. The summed E-state index contributed by atoms with van der Waals surface area (Å²) in [5.74, 6) is 1.19. The van der Waals surface area contributed by atoms with Crippen molar-refractivity contribution < 1.29 is 4.79 Å². The van der Waals surface area contributed by atoms with Crippen LogP contribution in [0, 0.1) is 11.3 Å². The van der Waals surface area contributed by atoms with Crippen LogP contribution >= 0.6 is 0 Å². The number of likely N-dealkylation sites (tertiary alicyclic amines) is 1. The van der Waals surface area contributed by atoms with Gasteiger partial charge in [0, 0.05) is 12.6 Å². The number of rotatable bonds is 1. The van der Waals surface area contributed by atoms with E-state index in [1.807, 2.05) is 0 Å². The number of piperidine rings is 2. The minimum absolute atomic E-state index is 0.0422. The van der Waals surface area contributed by atoms with E-state index in [9.17, 15) is 4.79 Å². The summed E-state index contributed by atoms with van der Waals surface area (Å²) in [6.07, 6.45) is 8.82. The molecule has 3 heteroatoms. The SMILES string of the molecule is CC1(C)CCCNC1C(=O)N1CCCC2CCCC21. The Hall–Kier alpha value is -0.570. The molecular formula is C16H28N2O. The molecule has 0 radical (unpaired) electrons. The molecule has 0 aromatic rings. The lowest BCUT2D eigenvalue weighted by Crippen LogP contribution is -2.59. The van der Waals surface area contributed by atoms with E-state index in [-0.39, 0.29) is 11.5 Å². The maximum absolute atomic E-state index is 13.0. The van der Waals surface area contributed by atoms with E-state index in [2.05, 4.69) is 24.1 Å². The minimum atomic E-state index is 0.0422. The predicted octanol–water partition coefficient (Wildman–Crippen LogP) is 2.56. The third kappa shape index (κ3) is 2.42. The zero-order valence-corrected chi connectivity index (χ0v) is 12.5. The average molecular weight is 264 g/mol. The fraction of sp³-hybridized carbons (Fsp3) is 0.938. The Balaban J connectivity index is 1.75. The summed E-state index contributed by atoms with van der Waals surface area (Å²) in [5.41, 5.74) is 0.112. The lowest BCUT2D eigenvalue weighted by molar-refractivity contribution is -0.142. The number of amides is 1. The first-order valence-corrected chi connectivity index (χ1v) is 8.13. The summed E-state index contributed by atoms with van der Waals surface area (Å²) in [5, 5.41) is 3.50. The van der Waals surface area contributed by atoms with Gasteiger partial charge in [0.2, 0.25) is 5.91 Å². The molecule has 1 amide bonds. The fourth-order valence-electron chi connectivity index (χ4n) is 4.53. The smallest absolute Gasteiger partial charge is 0.240 e. The first-order chi connectivity index (χ1) is 9.09. The standard InChI is InChI=1S/C16H28N2O/c1-16(2)9-5-10-17-14(16)15(19)18-11-4-7-12-6-3-8-13(12)18/h12-14,17H,3-11H2,1-2H3. The third-order valence-corrected chi connectivity index (χ3v) is 5.65. The molecule has 1 saturated carbocycles. The van der Waals surface area contributed by atoms with Gasteiger partial charge in [-0.05, 0) is 56.4 Å². The molecule has 0 aromatic carbocycles. The number of hydrogen-bond donors (Lipinski definition) is 1. The van der Waals surface area contributed by atoms with Crippen molar-refractivity contribution in [2.75, 3.05) is 13.1 Å². The average Bonchev–Trinajstić information content (AvgIpc) is 2.85. The van der Waals surface area contributed by atoms with Crippen LogP contribution in [0.15, 0.2) is 0 Å². The number of carbonyl (C=O) groups is 1. The molecule has 2 heterocycles. The summed E-state index contributed by atoms with van der Waals surface area (Å²) in [6, 6.07) is 0.598. The maximum atomic E-state index is 13.0. The van der Waals surface area contributed by atoms with Gasteiger partial charge in [0.05, 0.1) is 6.04 Å². The number of nitrogens with zero attached hydrogens (tertiary/aromatic N) is 1. The highest BCUT2D eigenvalue weighted by molar-refractivity contribution is 5.83. The van der Waals surface area contributed by atoms with Gasteiger partial charge in [-0.2, -0.15) is 0 Å². The number of hydrogen-bond acceptors (Lipinski definition) is 2. The van der Waals surface area contributed by atoms with Crippen molar-refractivity contribution in [3.63, 3.8) is 0 Å². The molecular weight excluding hydrogens is 236 g/mol. The summed E-state index contributed by atoms with van der Waals surface area (Å²) in [6.45, 7) is 6.49. The first kappa shape index (κ1) is 13.4. The van der Waals surface area contributed by atoms with Crippen LogP contribution in [0.1, 0.15) is 58.8 Å². The lowest BCUT2D eigenvalue weighted by Gasteiger charge is -2.45. The van der Waals surface area contributed by atoms with Gasteiger partial charge in [-0.1, -0.05) is 20.3 Å². The van der Waals surface area contributed by atoms with E-state index in [0.717, 1.165) is 19.0 Å². The Morgan fingerprint density at radius 2 is 1.95 bits per heavy atom.